The molecular weight excluding hydrogens is 282 g/mol. The molecule has 116 valence electrons. The van der Waals surface area contributed by atoms with Crippen molar-refractivity contribution >= 4 is 17.5 Å². The standard InChI is InChI=1S/C18H26ClNO/c1-2-5-14(10-11-19)13-20-18(21)17-9-8-15-6-3-4-7-16(15)12-17/h3-4,6-7,14,17H,2,5,8-13H2,1H3,(H,20,21). The zero-order valence-electron chi connectivity index (χ0n) is 12.9. The second-order valence-electron chi connectivity index (χ2n) is 6.09. The topological polar surface area (TPSA) is 29.1 Å². The molecule has 1 aromatic carbocycles. The highest BCUT2D eigenvalue weighted by Gasteiger charge is 2.24. The third-order valence-electron chi connectivity index (χ3n) is 4.50. The summed E-state index contributed by atoms with van der Waals surface area (Å²) in [4.78, 5) is 12.4. The number of aryl methyl sites for hydroxylation is 1. The second kappa shape index (κ2) is 8.43. The van der Waals surface area contributed by atoms with E-state index >= 15 is 0 Å². The Balaban J connectivity index is 1.84. The number of carbonyl (C=O) groups excluding carboxylic acids is 1. The van der Waals surface area contributed by atoms with Gasteiger partial charge in [0.25, 0.3) is 0 Å². The van der Waals surface area contributed by atoms with E-state index in [-0.39, 0.29) is 11.8 Å². The van der Waals surface area contributed by atoms with Gasteiger partial charge in [-0.3, -0.25) is 4.79 Å². The summed E-state index contributed by atoms with van der Waals surface area (Å²) in [6, 6.07) is 8.49. The maximum atomic E-state index is 12.4. The first-order valence-electron chi connectivity index (χ1n) is 8.15. The predicted molar refractivity (Wildman–Crippen MR) is 88.7 cm³/mol. The molecule has 2 unspecified atom stereocenters. The van der Waals surface area contributed by atoms with Crippen molar-refractivity contribution in [3.05, 3.63) is 35.4 Å². The van der Waals surface area contributed by atoms with E-state index < -0.39 is 0 Å². The minimum atomic E-state index is 0.137. The molecule has 0 bridgehead atoms. The number of amides is 1. The number of halogens is 1. The summed E-state index contributed by atoms with van der Waals surface area (Å²) >= 11 is 5.84. The lowest BCUT2D eigenvalue weighted by atomic mass is 9.83. The number of carbonyl (C=O) groups is 1. The fourth-order valence-corrected chi connectivity index (χ4v) is 3.53. The van der Waals surface area contributed by atoms with E-state index in [2.05, 4.69) is 36.5 Å². The average molecular weight is 308 g/mol. The van der Waals surface area contributed by atoms with Crippen LogP contribution in [0.2, 0.25) is 0 Å². The first kappa shape index (κ1) is 16.4. The van der Waals surface area contributed by atoms with Crippen molar-refractivity contribution in [3.63, 3.8) is 0 Å². The zero-order valence-corrected chi connectivity index (χ0v) is 13.7. The van der Waals surface area contributed by atoms with Crippen LogP contribution in [0.25, 0.3) is 0 Å². The first-order valence-corrected chi connectivity index (χ1v) is 8.68. The van der Waals surface area contributed by atoms with E-state index in [0.717, 1.165) is 45.1 Å². The smallest absolute Gasteiger partial charge is 0.223 e. The Morgan fingerprint density at radius 1 is 1.33 bits per heavy atom. The lowest BCUT2D eigenvalue weighted by molar-refractivity contribution is -0.125. The van der Waals surface area contributed by atoms with Crippen LogP contribution in [0.3, 0.4) is 0 Å². The molecule has 2 atom stereocenters. The molecule has 2 rings (SSSR count). The van der Waals surface area contributed by atoms with Crippen molar-refractivity contribution in [3.8, 4) is 0 Å². The van der Waals surface area contributed by atoms with Crippen LogP contribution in [-0.4, -0.2) is 18.3 Å². The molecule has 1 aliphatic carbocycles. The van der Waals surface area contributed by atoms with E-state index in [4.69, 9.17) is 11.6 Å². The van der Waals surface area contributed by atoms with Gasteiger partial charge in [-0.2, -0.15) is 0 Å². The quantitative estimate of drug-likeness (QED) is 0.759. The Labute approximate surface area is 133 Å². The van der Waals surface area contributed by atoms with E-state index in [9.17, 15) is 4.79 Å². The minimum Gasteiger partial charge on any atom is -0.356 e. The third-order valence-corrected chi connectivity index (χ3v) is 4.72. The second-order valence-corrected chi connectivity index (χ2v) is 6.46. The molecule has 21 heavy (non-hydrogen) atoms. The maximum absolute atomic E-state index is 12.4. The van der Waals surface area contributed by atoms with Gasteiger partial charge in [-0.15, -0.1) is 11.6 Å². The Hall–Kier alpha value is -1.02. The van der Waals surface area contributed by atoms with Crippen molar-refractivity contribution in [2.24, 2.45) is 11.8 Å². The normalized spacial score (nSPS) is 18.9. The van der Waals surface area contributed by atoms with E-state index in [1.54, 1.807) is 0 Å². The van der Waals surface area contributed by atoms with Gasteiger partial charge in [-0.05, 0) is 49.1 Å². The molecule has 0 saturated carbocycles. The summed E-state index contributed by atoms with van der Waals surface area (Å²) in [7, 11) is 0. The average Bonchev–Trinajstić information content (AvgIpc) is 2.52. The predicted octanol–water partition coefficient (Wildman–Crippen LogP) is 3.95. The molecule has 0 aromatic heterocycles. The highest BCUT2D eigenvalue weighted by Crippen LogP contribution is 2.25. The van der Waals surface area contributed by atoms with Crippen molar-refractivity contribution in [2.75, 3.05) is 12.4 Å². The SMILES string of the molecule is CCCC(CCCl)CNC(=O)C1CCc2ccccc2C1. The Kier molecular flexibility index (Phi) is 6.56. The highest BCUT2D eigenvalue weighted by molar-refractivity contribution is 6.17. The van der Waals surface area contributed by atoms with Crippen molar-refractivity contribution in [1.29, 1.82) is 0 Å². The third kappa shape index (κ3) is 4.74. The van der Waals surface area contributed by atoms with Crippen LogP contribution < -0.4 is 5.32 Å². The molecule has 0 spiro atoms. The lowest BCUT2D eigenvalue weighted by Gasteiger charge is -2.25. The van der Waals surface area contributed by atoms with Gasteiger partial charge in [0.15, 0.2) is 0 Å². The van der Waals surface area contributed by atoms with Gasteiger partial charge in [0.1, 0.15) is 0 Å². The number of rotatable bonds is 7. The van der Waals surface area contributed by atoms with E-state index in [0.29, 0.717) is 11.8 Å². The molecule has 1 aliphatic rings. The van der Waals surface area contributed by atoms with Crippen LogP contribution in [0.4, 0.5) is 0 Å². The number of hydrogen-bond donors (Lipinski definition) is 1. The molecule has 0 saturated heterocycles. The number of fused-ring (bicyclic) bond motifs is 1. The van der Waals surface area contributed by atoms with Gasteiger partial charge in [0.2, 0.25) is 5.91 Å². The molecular formula is C18H26ClNO. The molecule has 0 fully saturated rings. The first-order chi connectivity index (χ1) is 10.2. The number of alkyl halides is 1. The van der Waals surface area contributed by atoms with Crippen molar-refractivity contribution in [2.45, 2.75) is 45.4 Å². The van der Waals surface area contributed by atoms with Gasteiger partial charge >= 0.3 is 0 Å². The van der Waals surface area contributed by atoms with Crippen LogP contribution >= 0.6 is 11.6 Å². The molecule has 0 aliphatic heterocycles. The van der Waals surface area contributed by atoms with Crippen LogP contribution in [0.5, 0.6) is 0 Å². The summed E-state index contributed by atoms with van der Waals surface area (Å²) < 4.78 is 0. The molecule has 2 nitrogen and oxygen atoms in total. The van der Waals surface area contributed by atoms with Crippen LogP contribution in [0, 0.1) is 11.8 Å². The summed E-state index contributed by atoms with van der Waals surface area (Å²) in [5, 5.41) is 3.16. The number of nitrogens with one attached hydrogen (secondary N) is 1. The summed E-state index contributed by atoms with van der Waals surface area (Å²) in [5.74, 6) is 1.56. The van der Waals surface area contributed by atoms with Crippen molar-refractivity contribution < 1.29 is 4.79 Å². The van der Waals surface area contributed by atoms with Crippen LogP contribution in [-0.2, 0) is 17.6 Å². The molecule has 1 aromatic rings. The van der Waals surface area contributed by atoms with Gasteiger partial charge in [0, 0.05) is 18.3 Å². The molecule has 3 heteroatoms. The number of benzene rings is 1. The van der Waals surface area contributed by atoms with E-state index in [1.165, 1.54) is 11.1 Å². The highest BCUT2D eigenvalue weighted by atomic mass is 35.5. The largest absolute Gasteiger partial charge is 0.356 e. The molecule has 1 N–H and O–H groups in total. The van der Waals surface area contributed by atoms with Crippen LogP contribution in [0.1, 0.15) is 43.7 Å². The fourth-order valence-electron chi connectivity index (χ4n) is 3.22. The monoisotopic (exact) mass is 307 g/mol. The zero-order chi connectivity index (χ0) is 15.1. The summed E-state index contributed by atoms with van der Waals surface area (Å²) in [6.45, 7) is 2.96. The van der Waals surface area contributed by atoms with Crippen molar-refractivity contribution in [1.82, 2.24) is 5.32 Å². The maximum Gasteiger partial charge on any atom is 0.223 e. The summed E-state index contributed by atoms with van der Waals surface area (Å²) in [6.07, 6.45) is 6.15. The number of hydrogen-bond acceptors (Lipinski definition) is 1. The Bertz CT molecular complexity index is 454. The van der Waals surface area contributed by atoms with Gasteiger partial charge in [0.05, 0.1) is 0 Å². The molecule has 1 amide bonds. The van der Waals surface area contributed by atoms with Gasteiger partial charge in [-0.25, -0.2) is 0 Å². The molecule has 0 radical (unpaired) electrons. The fraction of sp³-hybridized carbons (Fsp3) is 0.611. The minimum absolute atomic E-state index is 0.137. The van der Waals surface area contributed by atoms with Gasteiger partial charge in [-0.1, -0.05) is 37.6 Å². The summed E-state index contributed by atoms with van der Waals surface area (Å²) in [5.41, 5.74) is 2.75. The molecule has 0 heterocycles. The Morgan fingerprint density at radius 3 is 2.81 bits per heavy atom. The Morgan fingerprint density at radius 2 is 2.10 bits per heavy atom. The lowest BCUT2D eigenvalue weighted by Crippen LogP contribution is -2.37. The van der Waals surface area contributed by atoms with E-state index in [1.807, 2.05) is 0 Å². The van der Waals surface area contributed by atoms with Crippen LogP contribution in [0.15, 0.2) is 24.3 Å². The van der Waals surface area contributed by atoms with Gasteiger partial charge < -0.3 is 5.32 Å².